The minimum atomic E-state index is -5.02. The van der Waals surface area contributed by atoms with E-state index >= 15 is 0 Å². The number of phosphoric ester groups is 1. The van der Waals surface area contributed by atoms with Crippen LogP contribution in [0.2, 0.25) is 0 Å². The first-order valence-electron chi connectivity index (χ1n) is 22.3. The van der Waals surface area contributed by atoms with Gasteiger partial charge in [0.05, 0.1) is 90.4 Å². The van der Waals surface area contributed by atoms with Gasteiger partial charge >= 0.3 is 14.6 Å². The molecule has 35 heteroatoms. The Balaban J connectivity index is 0.752. The van der Waals surface area contributed by atoms with Gasteiger partial charge in [0.15, 0.2) is 40.6 Å². The van der Waals surface area contributed by atoms with Gasteiger partial charge < -0.3 is 54.8 Å². The van der Waals surface area contributed by atoms with Crippen LogP contribution in [0.3, 0.4) is 0 Å². The van der Waals surface area contributed by atoms with Crippen LogP contribution >= 0.6 is 39.5 Å². The van der Waals surface area contributed by atoms with Gasteiger partial charge in [0.25, 0.3) is 17.4 Å². The lowest BCUT2D eigenvalue weighted by Crippen LogP contribution is -2.38. The fraction of sp³-hybridized carbons (Fsp3) is 0.579. The number of thiol groups is 2. The van der Waals surface area contributed by atoms with Crippen molar-refractivity contribution in [3.8, 4) is 0 Å². The normalized spacial score (nSPS) is 28.6. The molecule has 4 aromatic rings. The average Bonchev–Trinajstić information content (AvgIpc) is 4.16. The predicted molar refractivity (Wildman–Crippen MR) is 253 cm³/mol. The standard InChI is InChI=1S/C38H50N12O19P2S2/c39-38-46-34-27(35(56)47-38)44-19-50(34)36-28(55)29-20(66-36)15-64-70(57,58)68-30-21(16-65-71(59,73)69-29)67-37(31(30)72)49-18-43-26-32(41-17-42-33(26)49)45-23(52)4-7-60-9-11-62-13-14-63-12-10-61-8-5-40-22(51)3-6-48-24(53)1-2-25(48)54/h1-2,17-21,28-31,36-37,55,72H,3-16H2,(H,40,51)(H,57,58)(H,59,73)(H3,39,46,47,56)(H,41,42,45,52)/t20-,21-,28+,29?,30?,31+,36-,37-,71?/m1/s1. The lowest BCUT2D eigenvalue weighted by molar-refractivity contribution is -0.137. The second kappa shape index (κ2) is 24.3. The summed E-state index contributed by atoms with van der Waals surface area (Å²) >= 11 is 8.78. The number of fused-ring (bicyclic) bond motifs is 4. The molecule has 8 heterocycles. The summed E-state index contributed by atoms with van der Waals surface area (Å²) < 4.78 is 86.0. The number of amides is 4. The molecule has 0 aliphatic carbocycles. The number of ether oxygens (including phenoxy) is 6. The Morgan fingerprint density at radius 1 is 0.795 bits per heavy atom. The number of carbonyl (C=O) groups excluding carboxylic acids is 4. The summed E-state index contributed by atoms with van der Waals surface area (Å²) in [6.45, 7) is -3.58. The monoisotopic (exact) mass is 1100 g/mol. The number of hydrogen-bond donors (Lipinski definition) is 8. The molecule has 0 radical (unpaired) electrons. The Bertz CT molecular complexity index is 2820. The van der Waals surface area contributed by atoms with Crippen molar-refractivity contribution in [3.05, 3.63) is 41.5 Å². The molecule has 4 amide bonds. The molecule has 4 aliphatic heterocycles. The van der Waals surface area contributed by atoms with Crippen molar-refractivity contribution in [1.29, 1.82) is 0 Å². The molecule has 0 bridgehead atoms. The average molecular weight is 1100 g/mol. The number of aliphatic hydroxyl groups excluding tert-OH is 1. The highest BCUT2D eigenvalue weighted by Gasteiger charge is 2.53. The number of aromatic nitrogens is 8. The van der Waals surface area contributed by atoms with E-state index < -0.39 is 99.3 Å². The zero-order valence-electron chi connectivity index (χ0n) is 38.2. The number of imide groups is 1. The second-order valence-corrected chi connectivity index (χ2v) is 21.0. The first-order valence-corrected chi connectivity index (χ1v) is 27.0. The van der Waals surface area contributed by atoms with Gasteiger partial charge in [-0.2, -0.15) is 17.6 Å². The number of aliphatic hydroxyl groups is 1. The van der Waals surface area contributed by atoms with E-state index in [1.165, 1.54) is 21.8 Å². The number of rotatable bonds is 21. The molecule has 398 valence electrons. The molecule has 3 fully saturated rings. The van der Waals surface area contributed by atoms with Crippen molar-refractivity contribution in [2.24, 2.45) is 0 Å². The topological polar surface area (TPSA) is 396 Å². The molecule has 31 nitrogen and oxygen atoms in total. The minimum absolute atomic E-state index is 0.00334. The molecule has 10 atom stereocenters. The number of nitrogen functional groups attached to an aromatic ring is 1. The third-order valence-electron chi connectivity index (χ3n) is 11.2. The Morgan fingerprint density at radius 3 is 2.12 bits per heavy atom. The van der Waals surface area contributed by atoms with E-state index in [0.29, 0.717) is 19.8 Å². The largest absolute Gasteiger partial charge is 0.472 e. The smallest absolute Gasteiger partial charge is 0.386 e. The van der Waals surface area contributed by atoms with E-state index in [1.807, 2.05) is 0 Å². The summed E-state index contributed by atoms with van der Waals surface area (Å²) in [4.78, 5) is 95.4. The summed E-state index contributed by atoms with van der Waals surface area (Å²) in [5.74, 6) is -1.83. The van der Waals surface area contributed by atoms with E-state index in [4.69, 9.17) is 52.2 Å². The highest BCUT2D eigenvalue weighted by Crippen LogP contribution is 2.58. The van der Waals surface area contributed by atoms with Gasteiger partial charge in [-0.3, -0.25) is 61.1 Å². The molecule has 0 saturated carbocycles. The molecule has 0 spiro atoms. The van der Waals surface area contributed by atoms with Crippen LogP contribution in [0.5, 0.6) is 0 Å². The van der Waals surface area contributed by atoms with Gasteiger partial charge in [-0.05, 0) is 0 Å². The number of carbonyl (C=O) groups is 4. The van der Waals surface area contributed by atoms with Crippen LogP contribution in [0.15, 0.2) is 35.9 Å². The molecule has 3 saturated heterocycles. The van der Waals surface area contributed by atoms with Crippen molar-refractivity contribution >= 4 is 97.2 Å². The van der Waals surface area contributed by atoms with Crippen LogP contribution in [0.1, 0.15) is 25.3 Å². The number of nitrogens with two attached hydrogens (primary N) is 1. The number of nitrogens with one attached hydrogen (secondary N) is 3. The van der Waals surface area contributed by atoms with Gasteiger partial charge in [-0.25, -0.2) is 29.1 Å². The highest BCUT2D eigenvalue weighted by atomic mass is 32.7. The van der Waals surface area contributed by atoms with E-state index in [0.717, 1.165) is 23.4 Å². The summed E-state index contributed by atoms with van der Waals surface area (Å²) in [6.07, 6.45) is -3.92. The van der Waals surface area contributed by atoms with Crippen LogP contribution in [0.4, 0.5) is 11.8 Å². The molecule has 4 aromatic heterocycles. The molecule has 4 unspecified atom stereocenters. The van der Waals surface area contributed by atoms with Gasteiger partial charge in [-0.15, -0.1) is 0 Å². The summed E-state index contributed by atoms with van der Waals surface area (Å²) in [5, 5.41) is 15.6. The number of aromatic amines is 1. The first-order chi connectivity index (χ1) is 35.0. The maximum atomic E-state index is 13.7. The SMILES string of the molecule is Nc1nc2c(ncn2[C@@H]2O[C@@H]3COP(=O)(O)OC4[C@@H](COP(=O)(S)OC3[C@@H]2O)O[C@@H](n2cnc3c(NC(=O)CCOCCOCCOCCOCCNC(=O)CCN5C(=O)C=CC5=O)ncnc32)[C@H]4S)c(=O)[nH]1. The maximum absolute atomic E-state index is 13.7. The van der Waals surface area contributed by atoms with E-state index in [2.05, 4.69) is 65.4 Å². The van der Waals surface area contributed by atoms with Crippen LogP contribution in [-0.4, -0.2) is 192 Å². The van der Waals surface area contributed by atoms with Crippen molar-refractivity contribution in [3.63, 3.8) is 0 Å². The van der Waals surface area contributed by atoms with Crippen molar-refractivity contribution in [2.75, 3.05) is 90.2 Å². The van der Waals surface area contributed by atoms with Gasteiger partial charge in [0, 0.05) is 31.7 Å². The van der Waals surface area contributed by atoms with Crippen molar-refractivity contribution in [1.82, 2.24) is 49.3 Å². The number of phosphoric acid groups is 1. The van der Waals surface area contributed by atoms with Crippen molar-refractivity contribution in [2.45, 2.75) is 61.1 Å². The zero-order valence-corrected chi connectivity index (χ0v) is 41.8. The molecule has 7 N–H and O–H groups in total. The van der Waals surface area contributed by atoms with Crippen LogP contribution in [0.25, 0.3) is 22.3 Å². The predicted octanol–water partition coefficient (Wildman–Crippen LogP) is -1.22. The molecule has 8 rings (SSSR count). The molecule has 0 aromatic carbocycles. The number of anilines is 2. The Kier molecular flexibility index (Phi) is 18.1. The van der Waals surface area contributed by atoms with Gasteiger partial charge in [0.2, 0.25) is 17.8 Å². The maximum Gasteiger partial charge on any atom is 0.472 e. The second-order valence-electron chi connectivity index (χ2n) is 16.1. The summed E-state index contributed by atoms with van der Waals surface area (Å²) in [7, 11) is -5.02. The number of nitrogens with zero attached hydrogens (tertiary/aromatic N) is 8. The third-order valence-corrected chi connectivity index (χ3v) is 14.3. The molecular weight excluding hydrogens is 1050 g/mol. The number of H-pyrrole nitrogens is 1. The van der Waals surface area contributed by atoms with E-state index in [9.17, 15) is 43.1 Å². The fourth-order valence-electron chi connectivity index (χ4n) is 7.73. The van der Waals surface area contributed by atoms with E-state index in [1.54, 1.807) is 0 Å². The highest BCUT2D eigenvalue weighted by molar-refractivity contribution is 8.44. The molecule has 4 aliphatic rings. The Hall–Kier alpha value is -4.80. The third kappa shape index (κ3) is 13.5. The summed E-state index contributed by atoms with van der Waals surface area (Å²) in [5.41, 5.74) is 5.15. The number of imidazole rings is 2. The first kappa shape index (κ1) is 54.5. The van der Waals surface area contributed by atoms with E-state index in [-0.39, 0.29) is 99.0 Å². The number of hydrogen-bond acceptors (Lipinski definition) is 25. The van der Waals surface area contributed by atoms with Gasteiger partial charge in [0.1, 0.15) is 36.8 Å². The lowest BCUT2D eigenvalue weighted by Gasteiger charge is -2.28. The van der Waals surface area contributed by atoms with Crippen LogP contribution < -0.4 is 21.9 Å². The minimum Gasteiger partial charge on any atom is -0.386 e. The quantitative estimate of drug-likeness (QED) is 0.0210. The zero-order chi connectivity index (χ0) is 51.9. The summed E-state index contributed by atoms with van der Waals surface area (Å²) in [6, 6.07) is 0. The fourth-order valence-corrected chi connectivity index (χ4v) is 10.8. The lowest BCUT2D eigenvalue weighted by atomic mass is 10.1. The Morgan fingerprint density at radius 2 is 1.41 bits per heavy atom. The molecule has 73 heavy (non-hydrogen) atoms. The molecular formula is C38H50N12O19P2S2. The Labute approximate surface area is 422 Å². The van der Waals surface area contributed by atoms with Crippen LogP contribution in [0, 0.1) is 0 Å². The van der Waals surface area contributed by atoms with Crippen LogP contribution in [-0.2, 0) is 74.8 Å². The van der Waals surface area contributed by atoms with Gasteiger partial charge in [-0.1, -0.05) is 12.2 Å². The van der Waals surface area contributed by atoms with Crippen molar-refractivity contribution < 1.29 is 84.8 Å².